The maximum atomic E-state index is 10.8. The average molecular weight is 210 g/mol. The molecule has 84 valence electrons. The monoisotopic (exact) mass is 210 g/mol. The average Bonchev–Trinajstić information content (AvgIpc) is 2.27. The molecule has 1 heterocycles. The summed E-state index contributed by atoms with van der Waals surface area (Å²) in [5.41, 5.74) is 0. The fraction of sp³-hybridized carbons (Fsp3) is 0.818. The molecule has 0 bridgehead atoms. The Hall–Kier alpha value is -1.08. The maximum Gasteiger partial charge on any atom is 0.209 e. The molecule has 0 saturated carbocycles. The fourth-order valence-electron chi connectivity index (χ4n) is 2.09. The van der Waals surface area contributed by atoms with Gasteiger partial charge in [-0.05, 0) is 19.3 Å². The zero-order valence-corrected chi connectivity index (χ0v) is 9.19. The van der Waals surface area contributed by atoms with Crippen molar-refractivity contribution in [3.8, 4) is 6.07 Å². The van der Waals surface area contributed by atoms with Crippen LogP contribution in [0.3, 0.4) is 0 Å². The zero-order chi connectivity index (χ0) is 11.1. The van der Waals surface area contributed by atoms with E-state index in [1.165, 1.54) is 0 Å². The molecule has 0 spiro atoms. The molecule has 1 saturated heterocycles. The molecular formula is C11H18N2O2. The predicted molar refractivity (Wildman–Crippen MR) is 56.1 cm³/mol. The van der Waals surface area contributed by atoms with Crippen LogP contribution in [0.4, 0.5) is 0 Å². The second-order valence-corrected chi connectivity index (χ2v) is 3.90. The number of amides is 1. The van der Waals surface area contributed by atoms with Crippen molar-refractivity contribution in [1.29, 1.82) is 5.26 Å². The number of nitriles is 1. The van der Waals surface area contributed by atoms with E-state index in [-0.39, 0.29) is 12.7 Å². The second kappa shape index (κ2) is 6.41. The van der Waals surface area contributed by atoms with Crippen molar-refractivity contribution in [3.05, 3.63) is 0 Å². The highest BCUT2D eigenvalue weighted by Crippen LogP contribution is 2.21. The van der Waals surface area contributed by atoms with Crippen LogP contribution in [-0.4, -0.2) is 36.6 Å². The van der Waals surface area contributed by atoms with E-state index in [1.54, 1.807) is 0 Å². The van der Waals surface area contributed by atoms with Gasteiger partial charge in [-0.2, -0.15) is 5.26 Å². The highest BCUT2D eigenvalue weighted by molar-refractivity contribution is 5.48. The van der Waals surface area contributed by atoms with E-state index in [0.717, 1.165) is 38.6 Å². The largest absolute Gasteiger partial charge is 0.363 e. The van der Waals surface area contributed by atoms with Crippen LogP contribution in [0.15, 0.2) is 0 Å². The number of hydrogen-bond acceptors (Lipinski definition) is 3. The molecule has 0 aromatic carbocycles. The van der Waals surface area contributed by atoms with Crippen molar-refractivity contribution >= 4 is 6.41 Å². The highest BCUT2D eigenvalue weighted by Gasteiger charge is 2.27. The Morgan fingerprint density at radius 3 is 3.07 bits per heavy atom. The Bertz CT molecular complexity index is 237. The SMILES string of the molecule is CCC[C@H]1C[C@@H](OCC#N)CCN1C=O. The summed E-state index contributed by atoms with van der Waals surface area (Å²) in [6.07, 6.45) is 4.89. The molecule has 2 atom stereocenters. The molecule has 4 nitrogen and oxygen atoms in total. The van der Waals surface area contributed by atoms with Gasteiger partial charge in [0, 0.05) is 12.6 Å². The van der Waals surface area contributed by atoms with Gasteiger partial charge in [-0.15, -0.1) is 0 Å². The van der Waals surface area contributed by atoms with Crippen molar-refractivity contribution in [2.45, 2.75) is 44.8 Å². The summed E-state index contributed by atoms with van der Waals surface area (Å²) < 4.78 is 5.40. The minimum atomic E-state index is 0.150. The van der Waals surface area contributed by atoms with Crippen molar-refractivity contribution in [2.75, 3.05) is 13.2 Å². The summed E-state index contributed by atoms with van der Waals surface area (Å²) >= 11 is 0. The van der Waals surface area contributed by atoms with Gasteiger partial charge >= 0.3 is 0 Å². The van der Waals surface area contributed by atoms with E-state index in [2.05, 4.69) is 6.92 Å². The Labute approximate surface area is 90.8 Å². The molecule has 0 radical (unpaired) electrons. The molecule has 0 N–H and O–H groups in total. The van der Waals surface area contributed by atoms with E-state index in [1.807, 2.05) is 11.0 Å². The quantitative estimate of drug-likeness (QED) is 0.643. The van der Waals surface area contributed by atoms with Crippen LogP contribution < -0.4 is 0 Å². The van der Waals surface area contributed by atoms with E-state index in [4.69, 9.17) is 10.00 Å². The lowest BCUT2D eigenvalue weighted by atomic mass is 9.96. The Morgan fingerprint density at radius 2 is 2.47 bits per heavy atom. The van der Waals surface area contributed by atoms with Gasteiger partial charge in [-0.1, -0.05) is 13.3 Å². The van der Waals surface area contributed by atoms with Crippen LogP contribution in [0.1, 0.15) is 32.6 Å². The van der Waals surface area contributed by atoms with Gasteiger partial charge < -0.3 is 9.64 Å². The van der Waals surface area contributed by atoms with Gasteiger partial charge in [0.25, 0.3) is 0 Å². The molecule has 1 aliphatic heterocycles. The van der Waals surface area contributed by atoms with Crippen LogP contribution in [0.25, 0.3) is 0 Å². The number of nitrogens with zero attached hydrogens (tertiary/aromatic N) is 2. The number of likely N-dealkylation sites (tertiary alicyclic amines) is 1. The molecule has 0 aliphatic carbocycles. The van der Waals surface area contributed by atoms with E-state index in [9.17, 15) is 4.79 Å². The van der Waals surface area contributed by atoms with E-state index >= 15 is 0 Å². The number of ether oxygens (including phenoxy) is 1. The van der Waals surface area contributed by atoms with Crippen LogP contribution in [0.5, 0.6) is 0 Å². The first kappa shape index (κ1) is 12.0. The van der Waals surface area contributed by atoms with Gasteiger partial charge in [-0.25, -0.2) is 0 Å². The number of hydrogen-bond donors (Lipinski definition) is 0. The third kappa shape index (κ3) is 3.52. The highest BCUT2D eigenvalue weighted by atomic mass is 16.5. The van der Waals surface area contributed by atoms with Gasteiger partial charge in [0.15, 0.2) is 0 Å². The van der Waals surface area contributed by atoms with Crippen molar-refractivity contribution in [2.24, 2.45) is 0 Å². The smallest absolute Gasteiger partial charge is 0.209 e. The topological polar surface area (TPSA) is 53.3 Å². The lowest BCUT2D eigenvalue weighted by Gasteiger charge is -2.36. The number of carbonyl (C=O) groups excluding carboxylic acids is 1. The first-order valence-electron chi connectivity index (χ1n) is 5.51. The summed E-state index contributed by atoms with van der Waals surface area (Å²) in [6, 6.07) is 2.28. The van der Waals surface area contributed by atoms with Crippen LogP contribution in [-0.2, 0) is 9.53 Å². The molecule has 0 aromatic rings. The second-order valence-electron chi connectivity index (χ2n) is 3.90. The van der Waals surface area contributed by atoms with Crippen molar-refractivity contribution in [3.63, 3.8) is 0 Å². The lowest BCUT2D eigenvalue weighted by Crippen LogP contribution is -2.44. The van der Waals surface area contributed by atoms with Gasteiger partial charge in [0.1, 0.15) is 6.61 Å². The van der Waals surface area contributed by atoms with Gasteiger partial charge in [0.05, 0.1) is 12.2 Å². The first-order valence-corrected chi connectivity index (χ1v) is 5.51. The van der Waals surface area contributed by atoms with Crippen molar-refractivity contribution < 1.29 is 9.53 Å². The molecule has 4 heteroatoms. The first-order chi connectivity index (χ1) is 7.31. The van der Waals surface area contributed by atoms with Gasteiger partial charge in [0.2, 0.25) is 6.41 Å². The summed E-state index contributed by atoms with van der Waals surface area (Å²) in [7, 11) is 0. The number of carbonyl (C=O) groups is 1. The van der Waals surface area contributed by atoms with Crippen LogP contribution in [0, 0.1) is 11.3 Å². The molecular weight excluding hydrogens is 192 g/mol. The predicted octanol–water partition coefficient (Wildman–Crippen LogP) is 1.32. The minimum Gasteiger partial charge on any atom is -0.363 e. The summed E-state index contributed by atoms with van der Waals surface area (Å²) in [5, 5.41) is 8.42. The van der Waals surface area contributed by atoms with Crippen molar-refractivity contribution in [1.82, 2.24) is 4.90 Å². The normalized spacial score (nSPS) is 26.0. The molecule has 1 fully saturated rings. The standard InChI is InChI=1S/C11H18N2O2/c1-2-3-10-8-11(15-7-5-12)4-6-13(10)9-14/h9-11H,2-4,6-8H2,1H3/t10-,11-/m0/s1. The third-order valence-electron chi connectivity index (χ3n) is 2.85. The maximum absolute atomic E-state index is 10.8. The lowest BCUT2D eigenvalue weighted by molar-refractivity contribution is -0.124. The fourth-order valence-corrected chi connectivity index (χ4v) is 2.09. The molecule has 0 aromatic heterocycles. The molecule has 1 aliphatic rings. The van der Waals surface area contributed by atoms with E-state index < -0.39 is 0 Å². The Kier molecular flexibility index (Phi) is 5.13. The molecule has 1 rings (SSSR count). The van der Waals surface area contributed by atoms with E-state index in [0.29, 0.717) is 6.04 Å². The molecule has 15 heavy (non-hydrogen) atoms. The Balaban J connectivity index is 2.42. The van der Waals surface area contributed by atoms with Gasteiger partial charge in [-0.3, -0.25) is 4.79 Å². The Morgan fingerprint density at radius 1 is 1.67 bits per heavy atom. The van der Waals surface area contributed by atoms with Crippen LogP contribution in [0.2, 0.25) is 0 Å². The summed E-state index contributed by atoms with van der Waals surface area (Å²) in [5.74, 6) is 0. The summed E-state index contributed by atoms with van der Waals surface area (Å²) in [6.45, 7) is 3.03. The number of rotatable bonds is 5. The minimum absolute atomic E-state index is 0.150. The third-order valence-corrected chi connectivity index (χ3v) is 2.85. The molecule has 1 amide bonds. The zero-order valence-electron chi connectivity index (χ0n) is 9.19. The number of piperidine rings is 1. The van der Waals surface area contributed by atoms with Crippen LogP contribution >= 0.6 is 0 Å². The molecule has 0 unspecified atom stereocenters. The summed E-state index contributed by atoms with van der Waals surface area (Å²) in [4.78, 5) is 12.7.